The van der Waals surface area contributed by atoms with Crippen LogP contribution in [0.1, 0.15) is 104 Å². The van der Waals surface area contributed by atoms with Gasteiger partial charge >= 0.3 is 18.1 Å². The Hall–Kier alpha value is -4.95. The van der Waals surface area contributed by atoms with Gasteiger partial charge in [0, 0.05) is 11.5 Å². The molecular formula is C49H51F3O8S2. The molecule has 0 saturated heterocycles. The van der Waals surface area contributed by atoms with Crippen molar-refractivity contribution in [1.82, 2.24) is 0 Å². The molecule has 0 saturated carbocycles. The largest absolute Gasteiger partial charge is 0.494 e. The lowest BCUT2D eigenvalue weighted by Gasteiger charge is -2.28. The monoisotopic (exact) mass is 888 g/mol. The lowest BCUT2D eigenvalue weighted by atomic mass is 9.78. The number of fused-ring (bicyclic) bond motifs is 2. The molecule has 3 unspecified atom stereocenters. The summed E-state index contributed by atoms with van der Waals surface area (Å²) in [5.74, 6) is 0.595. The van der Waals surface area contributed by atoms with E-state index in [-0.39, 0.29) is 24.0 Å². The standard InChI is InChI=1S/C49H51F3O8S2/c1-30-9-13-35(14-10-30)34(5)59-61-23-7-21-56-40-19-17-37-27-38-18-20-41(57-22-8-24-62-60-46(49(50,51)52)36-15-11-31(2)12-16-36)29-43(38)44(42(37)28-40)48(54)58-45-32(3)25-39(26-33(45)4)47(53)55-6/h9-20,25-26,28-29,34,44,46H,7-8,21-24,27H2,1-6H3. The summed E-state index contributed by atoms with van der Waals surface area (Å²) in [5.41, 5.74) is 8.08. The average molecular weight is 889 g/mol. The van der Waals surface area contributed by atoms with Crippen LogP contribution in [0, 0.1) is 27.7 Å². The maximum absolute atomic E-state index is 14.5. The van der Waals surface area contributed by atoms with Crippen LogP contribution < -0.4 is 14.2 Å². The van der Waals surface area contributed by atoms with Gasteiger partial charge in [-0.2, -0.15) is 13.2 Å². The molecule has 0 aliphatic heterocycles. The number of rotatable bonds is 19. The maximum atomic E-state index is 14.5. The number of esters is 2. The van der Waals surface area contributed by atoms with Gasteiger partial charge in [-0.15, -0.1) is 0 Å². The number of aryl methyl sites for hydroxylation is 4. The summed E-state index contributed by atoms with van der Waals surface area (Å²) in [4.78, 5) is 26.8. The van der Waals surface area contributed by atoms with E-state index in [2.05, 4.69) is 31.2 Å². The van der Waals surface area contributed by atoms with E-state index in [0.29, 0.717) is 59.0 Å². The van der Waals surface area contributed by atoms with Crippen LogP contribution in [0.3, 0.4) is 0 Å². The molecule has 0 N–H and O–H groups in total. The zero-order valence-corrected chi connectivity index (χ0v) is 37.3. The molecule has 0 radical (unpaired) electrons. The fraction of sp³-hybridized carbons (Fsp3) is 0.347. The van der Waals surface area contributed by atoms with Crippen molar-refractivity contribution in [1.29, 1.82) is 0 Å². The van der Waals surface area contributed by atoms with Gasteiger partial charge < -0.3 is 23.1 Å². The van der Waals surface area contributed by atoms with Crippen molar-refractivity contribution in [3.8, 4) is 17.2 Å². The molecule has 1 aliphatic carbocycles. The van der Waals surface area contributed by atoms with Crippen LogP contribution in [-0.4, -0.2) is 49.9 Å². The number of ether oxygens (including phenoxy) is 4. The van der Waals surface area contributed by atoms with Crippen molar-refractivity contribution in [2.24, 2.45) is 0 Å². The van der Waals surface area contributed by atoms with Gasteiger partial charge in [-0.05, 0) is 159 Å². The van der Waals surface area contributed by atoms with Crippen LogP contribution in [0.2, 0.25) is 0 Å². The zero-order valence-electron chi connectivity index (χ0n) is 35.6. The lowest BCUT2D eigenvalue weighted by Crippen LogP contribution is -2.26. The minimum atomic E-state index is -4.56. The number of hydrogen-bond acceptors (Lipinski definition) is 10. The Morgan fingerprint density at radius 1 is 0.694 bits per heavy atom. The molecule has 328 valence electrons. The van der Waals surface area contributed by atoms with Gasteiger partial charge in [0.25, 0.3) is 0 Å². The third kappa shape index (κ3) is 12.1. The van der Waals surface area contributed by atoms with Gasteiger partial charge in [0.1, 0.15) is 23.2 Å². The number of carbonyl (C=O) groups excluding carboxylic acids is 2. The van der Waals surface area contributed by atoms with Crippen molar-refractivity contribution in [2.45, 2.75) is 78.2 Å². The Bertz CT molecular complexity index is 2290. The highest BCUT2D eigenvalue weighted by molar-refractivity contribution is 7.94. The van der Waals surface area contributed by atoms with Crippen molar-refractivity contribution >= 4 is 36.0 Å². The second-order valence-electron chi connectivity index (χ2n) is 15.3. The third-order valence-corrected chi connectivity index (χ3v) is 12.1. The third-order valence-electron chi connectivity index (χ3n) is 10.4. The number of methoxy groups -OCH3 is 1. The normalized spacial score (nSPS) is 14.3. The molecule has 13 heteroatoms. The highest BCUT2D eigenvalue weighted by atomic mass is 32.2. The highest BCUT2D eigenvalue weighted by Crippen LogP contribution is 2.42. The molecule has 0 aromatic heterocycles. The molecule has 3 atom stereocenters. The molecule has 0 bridgehead atoms. The Balaban J connectivity index is 1.13. The number of benzene rings is 5. The Morgan fingerprint density at radius 3 is 1.69 bits per heavy atom. The topological polar surface area (TPSA) is 89.5 Å². The van der Waals surface area contributed by atoms with Crippen LogP contribution in [0.25, 0.3) is 0 Å². The van der Waals surface area contributed by atoms with E-state index in [1.54, 1.807) is 38.1 Å². The van der Waals surface area contributed by atoms with Crippen molar-refractivity contribution in [3.63, 3.8) is 0 Å². The number of carbonyl (C=O) groups is 2. The van der Waals surface area contributed by atoms with Crippen LogP contribution >= 0.6 is 24.1 Å². The van der Waals surface area contributed by atoms with Gasteiger partial charge in [-0.25, -0.2) is 4.79 Å². The second-order valence-corrected chi connectivity index (χ2v) is 17.0. The summed E-state index contributed by atoms with van der Waals surface area (Å²) in [5, 5.41) is 0. The van der Waals surface area contributed by atoms with E-state index in [1.807, 2.05) is 50.2 Å². The van der Waals surface area contributed by atoms with Crippen molar-refractivity contribution in [2.75, 3.05) is 31.8 Å². The van der Waals surface area contributed by atoms with Crippen LogP contribution in [0.15, 0.2) is 97.1 Å². The van der Waals surface area contributed by atoms with E-state index >= 15 is 0 Å². The molecule has 6 rings (SSSR count). The first kappa shape index (κ1) is 46.6. The lowest BCUT2D eigenvalue weighted by molar-refractivity contribution is -0.194. The predicted octanol–water partition coefficient (Wildman–Crippen LogP) is 12.3. The van der Waals surface area contributed by atoms with E-state index in [0.717, 1.165) is 52.0 Å². The van der Waals surface area contributed by atoms with E-state index < -0.39 is 30.1 Å². The molecular weight excluding hydrogens is 838 g/mol. The first-order valence-electron chi connectivity index (χ1n) is 20.4. The Labute approximate surface area is 370 Å². The predicted molar refractivity (Wildman–Crippen MR) is 237 cm³/mol. The molecule has 0 fully saturated rings. The van der Waals surface area contributed by atoms with Crippen molar-refractivity contribution in [3.05, 3.63) is 158 Å². The summed E-state index contributed by atoms with van der Waals surface area (Å²) in [6.45, 7) is 10.1. The van der Waals surface area contributed by atoms with E-state index in [4.69, 9.17) is 27.3 Å². The van der Waals surface area contributed by atoms with Crippen LogP contribution in [-0.2, 0) is 24.3 Å². The average Bonchev–Trinajstić information content (AvgIpc) is 3.24. The van der Waals surface area contributed by atoms with Gasteiger partial charge in [-0.3, -0.25) is 8.98 Å². The molecule has 62 heavy (non-hydrogen) atoms. The van der Waals surface area contributed by atoms with Crippen LogP contribution in [0.5, 0.6) is 17.2 Å². The molecule has 0 amide bonds. The molecule has 0 spiro atoms. The first-order chi connectivity index (χ1) is 29.7. The summed E-state index contributed by atoms with van der Waals surface area (Å²) in [6.07, 6.45) is -4.96. The molecule has 5 aromatic carbocycles. The number of hydrogen-bond donors (Lipinski definition) is 0. The van der Waals surface area contributed by atoms with Gasteiger partial charge in [0.05, 0.1) is 32.0 Å². The summed E-state index contributed by atoms with van der Waals surface area (Å²) < 4.78 is 76.0. The van der Waals surface area contributed by atoms with E-state index in [9.17, 15) is 22.8 Å². The molecule has 8 nitrogen and oxygen atoms in total. The van der Waals surface area contributed by atoms with Gasteiger partial charge in [-0.1, -0.05) is 71.8 Å². The zero-order chi connectivity index (χ0) is 44.4. The van der Waals surface area contributed by atoms with Crippen LogP contribution in [0.4, 0.5) is 13.2 Å². The first-order valence-corrected chi connectivity index (χ1v) is 22.2. The van der Waals surface area contributed by atoms with Gasteiger partial charge in [0.15, 0.2) is 6.10 Å². The summed E-state index contributed by atoms with van der Waals surface area (Å²) in [7, 11) is 1.31. The Morgan fingerprint density at radius 2 is 1.19 bits per heavy atom. The second kappa shape index (κ2) is 21.4. The summed E-state index contributed by atoms with van der Waals surface area (Å²) >= 11 is 2.16. The fourth-order valence-corrected chi connectivity index (χ4v) is 8.47. The van der Waals surface area contributed by atoms with E-state index in [1.165, 1.54) is 36.8 Å². The quantitative estimate of drug-likeness (QED) is 0.0345. The fourth-order valence-electron chi connectivity index (χ4n) is 7.13. The van der Waals surface area contributed by atoms with Gasteiger partial charge in [0.2, 0.25) is 0 Å². The molecule has 1 aliphatic rings. The number of halogens is 3. The summed E-state index contributed by atoms with van der Waals surface area (Å²) in [6, 6.07) is 29.0. The smallest absolute Gasteiger partial charge is 0.420 e. The molecule has 5 aromatic rings. The number of alkyl halides is 3. The minimum Gasteiger partial charge on any atom is -0.494 e. The maximum Gasteiger partial charge on any atom is 0.420 e. The SMILES string of the molecule is COC(=O)c1cc(C)c(OC(=O)C2c3cc(OCCCSOC(C)c4ccc(C)cc4)ccc3Cc3ccc(OCCCSOC(c4ccc(C)cc4)C(F)(F)F)cc32)c(C)c1. The highest BCUT2D eigenvalue weighted by Gasteiger charge is 2.42. The Kier molecular flexibility index (Phi) is 16.1. The minimum absolute atomic E-state index is 0.0434. The molecule has 0 heterocycles. The van der Waals surface area contributed by atoms with Crippen molar-refractivity contribution < 1.29 is 50.1 Å².